The first-order valence-corrected chi connectivity index (χ1v) is 11.5. The molecule has 0 fully saturated rings. The highest BCUT2D eigenvalue weighted by Gasteiger charge is 2.28. The molecule has 1 aliphatic heterocycles. The van der Waals surface area contributed by atoms with Gasteiger partial charge in [-0.1, -0.05) is 70.0 Å². The first kappa shape index (κ1) is 26.1. The molecule has 0 aromatic heterocycles. The first-order valence-electron chi connectivity index (χ1n) is 10.6. The maximum atomic E-state index is 10.4. The maximum absolute atomic E-state index is 10.4. The van der Waals surface area contributed by atoms with Gasteiger partial charge in [0.25, 0.3) is 0 Å². The Morgan fingerprint density at radius 1 is 0.967 bits per heavy atom. The Morgan fingerprint density at radius 2 is 1.53 bits per heavy atom. The van der Waals surface area contributed by atoms with Crippen molar-refractivity contribution in [1.29, 1.82) is 0 Å². The van der Waals surface area contributed by atoms with E-state index in [1.165, 1.54) is 5.06 Å². The molecule has 1 unspecified atom stereocenters. The Kier molecular flexibility index (Phi) is 13.1. The van der Waals surface area contributed by atoms with Gasteiger partial charge in [-0.2, -0.15) is 5.06 Å². The fourth-order valence-electron chi connectivity index (χ4n) is 3.08. The summed E-state index contributed by atoms with van der Waals surface area (Å²) in [5, 5.41) is 11.8. The number of thioether (sulfide) groups is 1. The summed E-state index contributed by atoms with van der Waals surface area (Å²) in [4.78, 5) is 1.03. The fraction of sp³-hybridized carbons (Fsp3) is 0.500. The molecule has 0 radical (unpaired) electrons. The van der Waals surface area contributed by atoms with Crippen LogP contribution in [-0.2, 0) is 6.54 Å². The molecule has 168 valence electrons. The molecule has 6 heteroatoms. The van der Waals surface area contributed by atoms with Crippen molar-refractivity contribution in [2.75, 3.05) is 27.1 Å². The number of rotatable bonds is 6. The van der Waals surface area contributed by atoms with Crippen molar-refractivity contribution in [3.8, 4) is 17.2 Å². The highest BCUT2D eigenvalue weighted by atomic mass is 32.2. The maximum Gasteiger partial charge on any atom is 0.204 e. The lowest BCUT2D eigenvalue weighted by Crippen LogP contribution is -2.32. The zero-order chi connectivity index (χ0) is 22.4. The van der Waals surface area contributed by atoms with Gasteiger partial charge in [-0.3, -0.25) is 0 Å². The van der Waals surface area contributed by atoms with Crippen LogP contribution in [0.15, 0.2) is 47.4 Å². The van der Waals surface area contributed by atoms with E-state index in [-0.39, 0.29) is 6.04 Å². The summed E-state index contributed by atoms with van der Waals surface area (Å²) in [5.74, 6) is 2.74. The van der Waals surface area contributed by atoms with E-state index in [2.05, 4.69) is 6.92 Å². The number of ether oxygens (including phenoxy) is 3. The molecule has 2 aromatic rings. The van der Waals surface area contributed by atoms with Crippen molar-refractivity contribution in [3.63, 3.8) is 0 Å². The summed E-state index contributed by atoms with van der Waals surface area (Å²) in [5.41, 5.74) is 1.00. The predicted octanol–water partition coefficient (Wildman–Crippen LogP) is 6.28. The average Bonchev–Trinajstić information content (AvgIpc) is 2.97. The molecule has 0 amide bonds. The number of fused-ring (bicyclic) bond motifs is 1. The summed E-state index contributed by atoms with van der Waals surface area (Å²) >= 11 is 1.71. The monoisotopic (exact) mass is 435 g/mol. The van der Waals surface area contributed by atoms with Crippen molar-refractivity contribution in [2.45, 2.75) is 57.5 Å². The van der Waals surface area contributed by atoms with Gasteiger partial charge in [-0.25, -0.2) is 0 Å². The van der Waals surface area contributed by atoms with E-state index < -0.39 is 0 Å². The fourth-order valence-corrected chi connectivity index (χ4v) is 4.40. The van der Waals surface area contributed by atoms with Crippen LogP contribution in [0.5, 0.6) is 17.2 Å². The Balaban J connectivity index is 0.000000474. The van der Waals surface area contributed by atoms with Gasteiger partial charge in [0.2, 0.25) is 5.75 Å². The molecular formula is C24H37NO4S. The molecule has 5 nitrogen and oxygen atoms in total. The van der Waals surface area contributed by atoms with Crippen molar-refractivity contribution < 1.29 is 19.4 Å². The van der Waals surface area contributed by atoms with E-state index >= 15 is 0 Å². The zero-order valence-electron chi connectivity index (χ0n) is 19.2. The summed E-state index contributed by atoms with van der Waals surface area (Å²) in [6, 6.07) is 14.1. The first-order chi connectivity index (χ1) is 14.7. The highest BCUT2D eigenvalue weighted by molar-refractivity contribution is 7.99. The second-order valence-corrected chi connectivity index (χ2v) is 7.52. The van der Waals surface area contributed by atoms with E-state index in [0.717, 1.165) is 35.5 Å². The van der Waals surface area contributed by atoms with Crippen LogP contribution in [0.4, 0.5) is 0 Å². The van der Waals surface area contributed by atoms with Gasteiger partial charge >= 0.3 is 0 Å². The minimum absolute atomic E-state index is 0.152. The summed E-state index contributed by atoms with van der Waals surface area (Å²) in [7, 11) is 4.85. The molecule has 0 aliphatic carbocycles. The number of unbranched alkanes of at least 4 members (excludes halogenated alkanes) is 1. The van der Waals surface area contributed by atoms with Crippen LogP contribution < -0.4 is 14.2 Å². The number of hydrogen-bond acceptors (Lipinski definition) is 6. The molecule has 0 spiro atoms. The second-order valence-electron chi connectivity index (χ2n) is 6.49. The molecular weight excluding hydrogens is 398 g/mol. The number of methoxy groups -OCH3 is 3. The largest absolute Gasteiger partial charge is 0.493 e. The van der Waals surface area contributed by atoms with Crippen LogP contribution in [0.1, 0.15) is 45.6 Å². The third-order valence-electron chi connectivity index (χ3n) is 4.59. The Hall–Kier alpha value is -1.89. The van der Waals surface area contributed by atoms with Crippen molar-refractivity contribution in [2.24, 2.45) is 0 Å². The lowest BCUT2D eigenvalue weighted by Gasteiger charge is -2.23. The minimum atomic E-state index is 0.152. The lowest BCUT2D eigenvalue weighted by molar-refractivity contribution is -0.130. The third kappa shape index (κ3) is 7.42. The Labute approximate surface area is 186 Å². The highest BCUT2D eigenvalue weighted by Crippen LogP contribution is 2.48. The Bertz CT molecular complexity index is 685. The quantitative estimate of drug-likeness (QED) is 0.576. The molecule has 0 bridgehead atoms. The van der Waals surface area contributed by atoms with Gasteiger partial charge in [0.15, 0.2) is 11.5 Å². The number of hydroxylamine groups is 2. The SMILES string of the molecule is CC.CCCCC1CSc2c(cc(OC)c(OC)c2OC)CN1O.c1ccccc1. The van der Waals surface area contributed by atoms with E-state index in [9.17, 15) is 5.21 Å². The Morgan fingerprint density at radius 3 is 2.00 bits per heavy atom. The molecule has 1 N–H and O–H groups in total. The van der Waals surface area contributed by atoms with Gasteiger partial charge in [0, 0.05) is 11.8 Å². The van der Waals surface area contributed by atoms with Crippen molar-refractivity contribution in [3.05, 3.63) is 48.0 Å². The number of nitrogens with zero attached hydrogens (tertiary/aromatic N) is 1. The zero-order valence-corrected chi connectivity index (χ0v) is 20.0. The third-order valence-corrected chi connectivity index (χ3v) is 5.88. The summed E-state index contributed by atoms with van der Waals surface area (Å²) in [6.45, 7) is 6.63. The van der Waals surface area contributed by atoms with Crippen LogP contribution in [0.25, 0.3) is 0 Å². The normalized spacial score (nSPS) is 15.4. The molecule has 0 saturated heterocycles. The van der Waals surface area contributed by atoms with E-state index in [1.54, 1.807) is 33.1 Å². The van der Waals surface area contributed by atoms with E-state index in [0.29, 0.717) is 23.8 Å². The molecule has 30 heavy (non-hydrogen) atoms. The van der Waals surface area contributed by atoms with E-state index in [4.69, 9.17) is 14.2 Å². The minimum Gasteiger partial charge on any atom is -0.493 e. The van der Waals surface area contributed by atoms with Gasteiger partial charge in [-0.05, 0) is 18.1 Å². The van der Waals surface area contributed by atoms with Crippen LogP contribution in [-0.4, -0.2) is 43.4 Å². The van der Waals surface area contributed by atoms with Crippen LogP contribution in [0.2, 0.25) is 0 Å². The molecule has 1 atom stereocenters. The summed E-state index contributed by atoms with van der Waals surface area (Å²) < 4.78 is 16.4. The topological polar surface area (TPSA) is 51.2 Å². The van der Waals surface area contributed by atoms with Crippen LogP contribution in [0, 0.1) is 0 Å². The predicted molar refractivity (Wildman–Crippen MR) is 125 cm³/mol. The standard InChI is InChI=1S/C16H25NO4S.C6H6.C2H6/c1-5-6-7-12-10-22-16-11(9-17(12)18)8-13(19-2)14(20-3)15(16)21-4;1-2-4-6-5-3-1;1-2/h8,12,18H,5-7,9-10H2,1-4H3;1-6H;1-2H3. The van der Waals surface area contributed by atoms with Crippen LogP contribution in [0.3, 0.4) is 0 Å². The molecule has 3 rings (SSSR count). The second kappa shape index (κ2) is 15.0. The molecule has 1 aliphatic rings. The van der Waals surface area contributed by atoms with Crippen molar-refractivity contribution in [1.82, 2.24) is 5.06 Å². The van der Waals surface area contributed by atoms with Gasteiger partial charge in [-0.15, -0.1) is 11.8 Å². The van der Waals surface area contributed by atoms with Crippen LogP contribution >= 0.6 is 11.8 Å². The number of hydrogen-bond donors (Lipinski definition) is 1. The van der Waals surface area contributed by atoms with Gasteiger partial charge in [0.1, 0.15) is 0 Å². The molecule has 1 heterocycles. The average molecular weight is 436 g/mol. The molecule has 0 saturated carbocycles. The van der Waals surface area contributed by atoms with Gasteiger partial charge < -0.3 is 19.4 Å². The van der Waals surface area contributed by atoms with E-state index in [1.807, 2.05) is 56.3 Å². The molecule has 2 aromatic carbocycles. The lowest BCUT2D eigenvalue weighted by atomic mass is 10.1. The van der Waals surface area contributed by atoms with Gasteiger partial charge in [0.05, 0.1) is 32.8 Å². The summed E-state index contributed by atoms with van der Waals surface area (Å²) in [6.07, 6.45) is 3.24. The smallest absolute Gasteiger partial charge is 0.204 e. The van der Waals surface area contributed by atoms with Crippen molar-refractivity contribution >= 4 is 11.8 Å². The number of benzene rings is 2.